The SMILES string of the molecule is CCOC(=O)C(C)(C(=O)OCC)[C@@H]1C=C[C@H](C(C)(C(=O)OCC)C(=O)OCC)O1. The van der Waals surface area contributed by atoms with Gasteiger partial charge in [-0.15, -0.1) is 0 Å². The average molecular weight is 414 g/mol. The molecule has 9 nitrogen and oxygen atoms in total. The topological polar surface area (TPSA) is 114 Å². The van der Waals surface area contributed by atoms with Crippen LogP contribution >= 0.6 is 0 Å². The maximum absolute atomic E-state index is 12.6. The largest absolute Gasteiger partial charge is 0.465 e. The average Bonchev–Trinajstić information content (AvgIpc) is 3.18. The molecule has 0 bridgehead atoms. The molecule has 0 aromatic rings. The van der Waals surface area contributed by atoms with Gasteiger partial charge in [-0.1, -0.05) is 12.2 Å². The second kappa shape index (κ2) is 10.4. The van der Waals surface area contributed by atoms with Crippen LogP contribution in [0.2, 0.25) is 0 Å². The van der Waals surface area contributed by atoms with Gasteiger partial charge in [0.25, 0.3) is 0 Å². The van der Waals surface area contributed by atoms with Crippen molar-refractivity contribution in [2.45, 2.75) is 53.8 Å². The third kappa shape index (κ3) is 4.77. The molecule has 1 aliphatic heterocycles. The number of hydrogen-bond acceptors (Lipinski definition) is 9. The summed E-state index contributed by atoms with van der Waals surface area (Å²) >= 11 is 0. The highest BCUT2D eigenvalue weighted by molar-refractivity contribution is 6.02. The standard InChI is InChI=1S/C20H30O9/c1-7-25-15(21)19(5,16(22)26-8-2)13-11-12-14(29-13)20(6,17(23)27-9-3)18(24)28-10-4/h11-14H,7-10H2,1-6H3/t13-,14+. The normalized spacial score (nSPS) is 18.8. The molecule has 0 aromatic carbocycles. The number of carbonyl (C=O) groups excluding carboxylic acids is 4. The summed E-state index contributed by atoms with van der Waals surface area (Å²) in [5, 5.41) is 0. The van der Waals surface area contributed by atoms with Gasteiger partial charge in [0.15, 0.2) is 10.8 Å². The monoisotopic (exact) mass is 414 g/mol. The van der Waals surface area contributed by atoms with Crippen LogP contribution in [-0.2, 0) is 42.9 Å². The molecule has 164 valence electrons. The number of carbonyl (C=O) groups is 4. The van der Waals surface area contributed by atoms with Gasteiger partial charge >= 0.3 is 23.9 Å². The first-order valence-corrected chi connectivity index (χ1v) is 9.66. The van der Waals surface area contributed by atoms with Gasteiger partial charge in [0.2, 0.25) is 0 Å². The van der Waals surface area contributed by atoms with Crippen molar-refractivity contribution in [2.75, 3.05) is 26.4 Å². The van der Waals surface area contributed by atoms with Crippen molar-refractivity contribution < 1.29 is 42.9 Å². The van der Waals surface area contributed by atoms with Crippen LogP contribution in [0.15, 0.2) is 12.2 Å². The van der Waals surface area contributed by atoms with Crippen LogP contribution in [0.25, 0.3) is 0 Å². The molecule has 0 fully saturated rings. The second-order valence-electron chi connectivity index (χ2n) is 6.65. The van der Waals surface area contributed by atoms with Crippen molar-refractivity contribution in [3.05, 3.63) is 12.2 Å². The fourth-order valence-electron chi connectivity index (χ4n) is 2.86. The molecular formula is C20H30O9. The molecule has 29 heavy (non-hydrogen) atoms. The van der Waals surface area contributed by atoms with Crippen molar-refractivity contribution in [1.82, 2.24) is 0 Å². The van der Waals surface area contributed by atoms with E-state index >= 15 is 0 Å². The fraction of sp³-hybridized carbons (Fsp3) is 0.700. The number of ether oxygens (including phenoxy) is 5. The van der Waals surface area contributed by atoms with Gasteiger partial charge in [-0.05, 0) is 41.5 Å². The molecule has 0 saturated carbocycles. The molecule has 0 N–H and O–H groups in total. The molecule has 0 aliphatic carbocycles. The molecule has 0 spiro atoms. The lowest BCUT2D eigenvalue weighted by molar-refractivity contribution is -0.188. The summed E-state index contributed by atoms with van der Waals surface area (Å²) in [7, 11) is 0. The van der Waals surface area contributed by atoms with Crippen LogP contribution in [0.1, 0.15) is 41.5 Å². The predicted molar refractivity (Wildman–Crippen MR) is 101 cm³/mol. The van der Waals surface area contributed by atoms with Gasteiger partial charge in [-0.2, -0.15) is 0 Å². The van der Waals surface area contributed by atoms with Crippen molar-refractivity contribution >= 4 is 23.9 Å². The summed E-state index contributed by atoms with van der Waals surface area (Å²) in [5.74, 6) is -3.32. The van der Waals surface area contributed by atoms with Gasteiger partial charge in [0, 0.05) is 0 Å². The van der Waals surface area contributed by atoms with Gasteiger partial charge in [-0.25, -0.2) is 0 Å². The first kappa shape index (κ1) is 24.6. The summed E-state index contributed by atoms with van der Waals surface area (Å²) < 4.78 is 26.0. The van der Waals surface area contributed by atoms with E-state index in [4.69, 9.17) is 23.7 Å². The van der Waals surface area contributed by atoms with Crippen LogP contribution in [0.4, 0.5) is 0 Å². The summed E-state index contributed by atoms with van der Waals surface area (Å²) in [6, 6.07) is 0. The van der Waals surface area contributed by atoms with E-state index in [0.717, 1.165) is 0 Å². The van der Waals surface area contributed by atoms with Crippen LogP contribution in [0.5, 0.6) is 0 Å². The van der Waals surface area contributed by atoms with E-state index in [0.29, 0.717) is 0 Å². The molecule has 0 unspecified atom stereocenters. The van der Waals surface area contributed by atoms with Gasteiger partial charge < -0.3 is 23.7 Å². The smallest absolute Gasteiger partial charge is 0.326 e. The lowest BCUT2D eigenvalue weighted by Gasteiger charge is -2.34. The van der Waals surface area contributed by atoms with E-state index in [-0.39, 0.29) is 26.4 Å². The van der Waals surface area contributed by atoms with E-state index in [2.05, 4.69) is 0 Å². The van der Waals surface area contributed by atoms with Gasteiger partial charge in [0.1, 0.15) is 12.2 Å². The summed E-state index contributed by atoms with van der Waals surface area (Å²) in [5.41, 5.74) is -3.64. The maximum Gasteiger partial charge on any atom is 0.326 e. The van der Waals surface area contributed by atoms with E-state index in [9.17, 15) is 19.2 Å². The minimum Gasteiger partial charge on any atom is -0.465 e. The molecule has 9 heteroatoms. The van der Waals surface area contributed by atoms with E-state index < -0.39 is 46.9 Å². The van der Waals surface area contributed by atoms with Crippen LogP contribution in [0.3, 0.4) is 0 Å². The highest BCUT2D eigenvalue weighted by Gasteiger charge is 2.58. The Morgan fingerprint density at radius 2 is 0.897 bits per heavy atom. The minimum atomic E-state index is -1.82. The van der Waals surface area contributed by atoms with Crippen LogP contribution in [-0.4, -0.2) is 62.5 Å². The van der Waals surface area contributed by atoms with Crippen molar-refractivity contribution in [3.8, 4) is 0 Å². The Bertz CT molecular complexity index is 562. The van der Waals surface area contributed by atoms with Gasteiger partial charge in [0.05, 0.1) is 26.4 Å². The van der Waals surface area contributed by atoms with Crippen molar-refractivity contribution in [3.63, 3.8) is 0 Å². The predicted octanol–water partition coefficient (Wildman–Crippen LogP) is 1.57. The highest BCUT2D eigenvalue weighted by Crippen LogP contribution is 2.39. The molecule has 1 aliphatic rings. The lowest BCUT2D eigenvalue weighted by atomic mass is 9.84. The first-order chi connectivity index (χ1) is 13.6. The second-order valence-corrected chi connectivity index (χ2v) is 6.65. The number of esters is 4. The molecule has 0 radical (unpaired) electrons. The summed E-state index contributed by atoms with van der Waals surface area (Å²) in [6.45, 7) is 9.32. The molecule has 1 rings (SSSR count). The van der Waals surface area contributed by atoms with Crippen molar-refractivity contribution in [1.29, 1.82) is 0 Å². The zero-order valence-corrected chi connectivity index (χ0v) is 17.8. The summed E-state index contributed by atoms with van der Waals surface area (Å²) in [4.78, 5) is 50.3. The Morgan fingerprint density at radius 1 is 0.655 bits per heavy atom. The van der Waals surface area contributed by atoms with Crippen LogP contribution in [0, 0.1) is 10.8 Å². The third-order valence-corrected chi connectivity index (χ3v) is 4.69. The third-order valence-electron chi connectivity index (χ3n) is 4.69. The highest BCUT2D eigenvalue weighted by atomic mass is 16.6. The molecular weight excluding hydrogens is 384 g/mol. The number of rotatable bonds is 10. The number of hydrogen-bond donors (Lipinski definition) is 0. The van der Waals surface area contributed by atoms with Crippen molar-refractivity contribution in [2.24, 2.45) is 10.8 Å². The Labute approximate surface area is 170 Å². The molecule has 0 saturated heterocycles. The molecule has 2 atom stereocenters. The molecule has 1 heterocycles. The lowest BCUT2D eigenvalue weighted by Crippen LogP contribution is -2.52. The van der Waals surface area contributed by atoms with E-state index in [1.165, 1.54) is 26.0 Å². The minimum absolute atomic E-state index is 0.0526. The quantitative estimate of drug-likeness (QED) is 0.227. The Balaban J connectivity index is 3.26. The zero-order valence-electron chi connectivity index (χ0n) is 17.8. The molecule has 0 aromatic heterocycles. The Hall–Kier alpha value is -2.42. The van der Waals surface area contributed by atoms with E-state index in [1.54, 1.807) is 27.7 Å². The fourth-order valence-corrected chi connectivity index (χ4v) is 2.86. The first-order valence-electron chi connectivity index (χ1n) is 9.66. The van der Waals surface area contributed by atoms with Gasteiger partial charge in [-0.3, -0.25) is 19.2 Å². The van der Waals surface area contributed by atoms with Crippen LogP contribution < -0.4 is 0 Å². The summed E-state index contributed by atoms with van der Waals surface area (Å²) in [6.07, 6.45) is 0.646. The zero-order chi connectivity index (χ0) is 22.2. The Kier molecular flexibility index (Phi) is 8.81. The Morgan fingerprint density at radius 3 is 1.10 bits per heavy atom. The maximum atomic E-state index is 12.6. The molecule has 0 amide bonds. The van der Waals surface area contributed by atoms with E-state index in [1.807, 2.05) is 0 Å².